The van der Waals surface area contributed by atoms with Gasteiger partial charge in [-0.2, -0.15) is 15.2 Å². The van der Waals surface area contributed by atoms with Gasteiger partial charge in [0.05, 0.1) is 29.1 Å². The van der Waals surface area contributed by atoms with Crippen LogP contribution < -0.4 is 9.64 Å². The van der Waals surface area contributed by atoms with Crippen molar-refractivity contribution in [1.29, 1.82) is 5.26 Å². The number of carbonyl (C=O) groups excluding carboxylic acids is 1. The summed E-state index contributed by atoms with van der Waals surface area (Å²) in [7, 11) is 0. The van der Waals surface area contributed by atoms with Gasteiger partial charge in [-0.1, -0.05) is 54.6 Å². The Labute approximate surface area is 310 Å². The molecule has 0 spiro atoms. The zero-order chi connectivity index (χ0) is 37.0. The van der Waals surface area contributed by atoms with Crippen molar-refractivity contribution in [2.75, 3.05) is 37.7 Å². The zero-order valence-electron chi connectivity index (χ0n) is 29.6. The molecule has 0 aliphatic carbocycles. The van der Waals surface area contributed by atoms with Crippen molar-refractivity contribution in [3.8, 4) is 29.1 Å². The van der Waals surface area contributed by atoms with E-state index in [4.69, 9.17) is 14.5 Å². The number of benzene rings is 3. The van der Waals surface area contributed by atoms with Crippen LogP contribution in [-0.2, 0) is 11.3 Å². The van der Waals surface area contributed by atoms with Crippen LogP contribution in [0.1, 0.15) is 37.7 Å². The molecule has 4 fully saturated rings. The van der Waals surface area contributed by atoms with Crippen molar-refractivity contribution in [3.05, 3.63) is 84.3 Å². The number of pyridine rings is 1. The first-order valence-electron chi connectivity index (χ1n) is 18.5. The summed E-state index contributed by atoms with van der Waals surface area (Å²) < 4.78 is 43.7. The Kier molecular flexibility index (Phi) is 8.65. The monoisotopic (exact) mass is 731 g/mol. The van der Waals surface area contributed by atoms with E-state index in [0.29, 0.717) is 54.6 Å². The minimum absolute atomic E-state index is 0.00591. The molecular weight excluding hydrogens is 692 g/mol. The number of rotatable bonds is 8. The third-order valence-corrected chi connectivity index (χ3v) is 11.8. The highest BCUT2D eigenvalue weighted by atomic mass is 19.1. The van der Waals surface area contributed by atoms with Gasteiger partial charge in [-0.25, -0.2) is 13.6 Å². The molecule has 9 rings (SSSR count). The van der Waals surface area contributed by atoms with Gasteiger partial charge in [0.1, 0.15) is 42.2 Å². The number of aromatic hydroxyl groups is 1. The number of nitrogens with zero attached hydrogens (tertiary/aromatic N) is 7. The fraction of sp³-hybridized carbons (Fsp3) is 0.390. The molecule has 4 aliphatic rings. The van der Waals surface area contributed by atoms with E-state index >= 15 is 4.39 Å². The molecule has 11 nitrogen and oxygen atoms in total. The number of nitriles is 1. The van der Waals surface area contributed by atoms with Gasteiger partial charge in [0.2, 0.25) is 0 Å². The van der Waals surface area contributed by atoms with Crippen molar-refractivity contribution in [2.24, 2.45) is 5.92 Å². The fourth-order valence-corrected chi connectivity index (χ4v) is 9.31. The summed E-state index contributed by atoms with van der Waals surface area (Å²) in [4.78, 5) is 33.6. The number of phenolic OH excluding ortho intramolecular Hbond substituents is 1. The average Bonchev–Trinajstić information content (AvgIpc) is 3.78. The molecule has 2 aromatic heterocycles. The summed E-state index contributed by atoms with van der Waals surface area (Å²) in [6, 6.07) is 21.6. The first-order valence-corrected chi connectivity index (χ1v) is 18.5. The lowest BCUT2D eigenvalue weighted by Crippen LogP contribution is -2.57. The summed E-state index contributed by atoms with van der Waals surface area (Å²) in [6.07, 6.45) is 3.10. The molecule has 6 heterocycles. The van der Waals surface area contributed by atoms with Crippen LogP contribution in [-0.4, -0.2) is 92.5 Å². The lowest BCUT2D eigenvalue weighted by atomic mass is 9.95. The van der Waals surface area contributed by atoms with E-state index in [1.54, 1.807) is 17.2 Å². The van der Waals surface area contributed by atoms with Gasteiger partial charge in [0.25, 0.3) is 0 Å². The second kappa shape index (κ2) is 13.7. The molecule has 1 amide bonds. The number of anilines is 1. The smallest absolute Gasteiger partial charge is 0.410 e. The summed E-state index contributed by atoms with van der Waals surface area (Å²) in [5, 5.41) is 22.1. The molecule has 4 aliphatic heterocycles. The van der Waals surface area contributed by atoms with E-state index in [2.05, 4.69) is 20.9 Å². The molecule has 5 atom stereocenters. The molecule has 5 aromatic rings. The molecule has 4 saturated heterocycles. The number of piperazine rings is 1. The number of aromatic nitrogens is 3. The standard InChI is InChI=1S/C41H39F2N7O4/c42-28-18-41(12-6-14-49(41)20-28)24-54-39-46-37-33(19-45-36(35(37)43)32-17-30(51)16-26-9-4-5-10-31(26)32)38(47-39)48-21-29-15-27(11-13-44)34(22-48)50(29)40(52)53-23-25-7-2-1-3-8-25/h1-5,7-10,16-17,19,27-29,34,51H,6,11-12,14-15,18,20-24H2/t27-,28?,29?,34?,41?/m1/s1. The SMILES string of the molecule is N#CC[C@@H]1CC2CN(c3nc(OCC45CCCN4CC(F)C5)nc4c(F)c(-c5cc(O)cc6ccccc56)ncc34)CC1N2C(=O)OCc1ccccc1. The van der Waals surface area contributed by atoms with Crippen molar-refractivity contribution in [2.45, 2.75) is 62.5 Å². The Morgan fingerprint density at radius 1 is 1.06 bits per heavy atom. The highest BCUT2D eigenvalue weighted by Crippen LogP contribution is 2.43. The molecule has 54 heavy (non-hydrogen) atoms. The van der Waals surface area contributed by atoms with E-state index < -0.39 is 23.6 Å². The molecule has 276 valence electrons. The third kappa shape index (κ3) is 5.98. The topological polar surface area (TPSA) is 128 Å². The van der Waals surface area contributed by atoms with Gasteiger partial charge in [-0.15, -0.1) is 0 Å². The predicted molar refractivity (Wildman–Crippen MR) is 197 cm³/mol. The Bertz CT molecular complexity index is 2290. The number of ether oxygens (including phenoxy) is 2. The van der Waals surface area contributed by atoms with E-state index in [9.17, 15) is 19.6 Å². The number of fused-ring (bicyclic) bond motifs is 5. The Morgan fingerprint density at radius 2 is 1.89 bits per heavy atom. The lowest BCUT2D eigenvalue weighted by Gasteiger charge is -2.41. The third-order valence-electron chi connectivity index (χ3n) is 11.8. The average molecular weight is 732 g/mol. The van der Waals surface area contributed by atoms with Crippen LogP contribution >= 0.6 is 0 Å². The van der Waals surface area contributed by atoms with Crippen molar-refractivity contribution in [3.63, 3.8) is 0 Å². The van der Waals surface area contributed by atoms with Gasteiger partial charge in [0.15, 0.2) is 5.82 Å². The molecule has 4 unspecified atom stereocenters. The van der Waals surface area contributed by atoms with Crippen LogP contribution in [0.25, 0.3) is 32.9 Å². The molecule has 0 saturated carbocycles. The quantitative estimate of drug-likeness (QED) is 0.183. The maximum Gasteiger partial charge on any atom is 0.410 e. The number of halogens is 2. The van der Waals surface area contributed by atoms with Crippen molar-refractivity contribution < 1.29 is 28.2 Å². The largest absolute Gasteiger partial charge is 0.508 e. The minimum Gasteiger partial charge on any atom is -0.508 e. The second-order valence-corrected chi connectivity index (χ2v) is 15.0. The molecule has 0 radical (unpaired) electrons. The highest BCUT2D eigenvalue weighted by Gasteiger charge is 2.51. The Balaban J connectivity index is 1.09. The normalized spacial score (nSPS) is 24.9. The molecule has 1 N–H and O–H groups in total. The number of hydrogen-bond acceptors (Lipinski definition) is 10. The summed E-state index contributed by atoms with van der Waals surface area (Å²) in [6.45, 7) is 2.11. The van der Waals surface area contributed by atoms with E-state index in [1.807, 2.05) is 59.5 Å². The van der Waals surface area contributed by atoms with Crippen LogP contribution in [0.3, 0.4) is 0 Å². The van der Waals surface area contributed by atoms with Crippen LogP contribution in [0.15, 0.2) is 72.9 Å². The Hall–Kier alpha value is -5.61. The zero-order valence-corrected chi connectivity index (χ0v) is 29.6. The van der Waals surface area contributed by atoms with Gasteiger partial charge in [-0.05, 0) is 60.2 Å². The van der Waals surface area contributed by atoms with Gasteiger partial charge >= 0.3 is 12.1 Å². The summed E-state index contributed by atoms with van der Waals surface area (Å²) in [5.41, 5.74) is 0.817. The molecule has 2 bridgehead atoms. The number of hydrogen-bond donors (Lipinski definition) is 1. The van der Waals surface area contributed by atoms with E-state index in [0.717, 1.165) is 30.3 Å². The van der Waals surface area contributed by atoms with E-state index in [1.165, 1.54) is 6.07 Å². The van der Waals surface area contributed by atoms with Crippen LogP contribution in [0.5, 0.6) is 11.8 Å². The minimum atomic E-state index is -0.947. The number of amides is 1. The lowest BCUT2D eigenvalue weighted by molar-refractivity contribution is 0.0700. The molecular formula is C41H39F2N7O4. The fourth-order valence-electron chi connectivity index (χ4n) is 9.31. The molecule has 13 heteroatoms. The first kappa shape index (κ1) is 34.2. The number of alkyl halides is 1. The predicted octanol–water partition coefficient (Wildman–Crippen LogP) is 6.77. The van der Waals surface area contributed by atoms with Gasteiger partial charge in [-0.3, -0.25) is 14.8 Å². The van der Waals surface area contributed by atoms with Gasteiger partial charge < -0.3 is 19.5 Å². The van der Waals surface area contributed by atoms with Crippen LogP contribution in [0.2, 0.25) is 0 Å². The summed E-state index contributed by atoms with van der Waals surface area (Å²) in [5.74, 6) is -0.421. The second-order valence-electron chi connectivity index (χ2n) is 15.0. The Morgan fingerprint density at radius 3 is 2.74 bits per heavy atom. The first-order chi connectivity index (χ1) is 26.3. The summed E-state index contributed by atoms with van der Waals surface area (Å²) >= 11 is 0. The number of phenols is 1. The molecule has 3 aromatic carbocycles. The van der Waals surface area contributed by atoms with Crippen molar-refractivity contribution >= 4 is 33.6 Å². The number of carbonyl (C=O) groups is 1. The van der Waals surface area contributed by atoms with Crippen LogP contribution in [0.4, 0.5) is 19.4 Å². The van der Waals surface area contributed by atoms with Gasteiger partial charge in [0, 0.05) is 44.2 Å². The highest BCUT2D eigenvalue weighted by molar-refractivity contribution is 6.00. The van der Waals surface area contributed by atoms with Crippen LogP contribution in [0, 0.1) is 23.1 Å². The maximum absolute atomic E-state index is 17.0. The maximum atomic E-state index is 17.0. The van der Waals surface area contributed by atoms with Crippen molar-refractivity contribution in [1.82, 2.24) is 24.8 Å². The van der Waals surface area contributed by atoms with E-state index in [-0.39, 0.29) is 60.6 Å².